The van der Waals surface area contributed by atoms with Gasteiger partial charge >= 0.3 is 0 Å². The van der Waals surface area contributed by atoms with Gasteiger partial charge in [-0.05, 0) is 18.6 Å². The van der Waals surface area contributed by atoms with Crippen LogP contribution in [0.5, 0.6) is 5.75 Å². The van der Waals surface area contributed by atoms with Crippen molar-refractivity contribution in [1.29, 1.82) is 0 Å². The summed E-state index contributed by atoms with van der Waals surface area (Å²) in [6, 6.07) is 6.36. The lowest BCUT2D eigenvalue weighted by Crippen LogP contribution is -2.13. The Morgan fingerprint density at radius 3 is 3.17 bits per heavy atom. The third-order valence-corrected chi connectivity index (χ3v) is 2.85. The maximum absolute atomic E-state index is 5.66. The van der Waals surface area contributed by atoms with E-state index in [-0.39, 0.29) is 0 Å². The van der Waals surface area contributed by atoms with Gasteiger partial charge in [-0.3, -0.25) is 0 Å². The van der Waals surface area contributed by atoms with Crippen LogP contribution in [0.15, 0.2) is 18.2 Å². The number of halogens is 1. The zero-order valence-electron chi connectivity index (χ0n) is 7.01. The van der Waals surface area contributed by atoms with Crippen LogP contribution in [0.25, 0.3) is 0 Å². The smallest absolute Gasteiger partial charge is 0.123 e. The Balaban J connectivity index is 2.30. The van der Waals surface area contributed by atoms with Crippen LogP contribution in [-0.4, -0.2) is 11.4 Å². The fourth-order valence-corrected chi connectivity index (χ4v) is 1.90. The Labute approximate surface area is 80.9 Å². The van der Waals surface area contributed by atoms with E-state index < -0.39 is 0 Å². The first-order valence-corrected chi connectivity index (χ1v) is 5.24. The zero-order valence-corrected chi connectivity index (χ0v) is 8.60. The fourth-order valence-electron chi connectivity index (χ4n) is 1.54. The van der Waals surface area contributed by atoms with Crippen LogP contribution in [0.1, 0.15) is 11.1 Å². The van der Waals surface area contributed by atoms with E-state index in [1.165, 1.54) is 11.1 Å². The van der Waals surface area contributed by atoms with Crippen LogP contribution >= 0.6 is 15.9 Å². The van der Waals surface area contributed by atoms with Crippen LogP contribution in [0.4, 0.5) is 0 Å². The van der Waals surface area contributed by atoms with E-state index in [9.17, 15) is 0 Å². The van der Waals surface area contributed by atoms with Gasteiger partial charge in [0.25, 0.3) is 0 Å². The second-order valence-electron chi connectivity index (χ2n) is 3.21. The molecule has 1 aliphatic heterocycles. The van der Waals surface area contributed by atoms with Gasteiger partial charge in [0.1, 0.15) is 11.9 Å². The summed E-state index contributed by atoms with van der Waals surface area (Å²) in [6.45, 7) is 2.11. The van der Waals surface area contributed by atoms with E-state index in [0.29, 0.717) is 6.10 Å². The van der Waals surface area contributed by atoms with Gasteiger partial charge in [0, 0.05) is 11.8 Å². The topological polar surface area (TPSA) is 9.23 Å². The molecule has 0 N–H and O–H groups in total. The first-order valence-electron chi connectivity index (χ1n) is 4.12. The SMILES string of the molecule is Cc1ccc2c(c1)C[C@@H](CBr)O2. The molecule has 0 spiro atoms. The highest BCUT2D eigenvalue weighted by atomic mass is 79.9. The van der Waals surface area contributed by atoms with Gasteiger partial charge in [-0.15, -0.1) is 0 Å². The molecular weight excluding hydrogens is 216 g/mol. The lowest BCUT2D eigenvalue weighted by Gasteiger charge is -2.04. The van der Waals surface area contributed by atoms with Crippen LogP contribution in [0.2, 0.25) is 0 Å². The molecule has 0 saturated heterocycles. The zero-order chi connectivity index (χ0) is 8.55. The van der Waals surface area contributed by atoms with Crippen molar-refractivity contribution in [2.75, 3.05) is 5.33 Å². The van der Waals surface area contributed by atoms with Crippen molar-refractivity contribution in [2.45, 2.75) is 19.4 Å². The van der Waals surface area contributed by atoms with Gasteiger partial charge < -0.3 is 4.74 Å². The van der Waals surface area contributed by atoms with Crippen molar-refractivity contribution in [3.63, 3.8) is 0 Å². The molecule has 2 heteroatoms. The number of hydrogen-bond donors (Lipinski definition) is 0. The molecule has 12 heavy (non-hydrogen) atoms. The van der Waals surface area contributed by atoms with Crippen molar-refractivity contribution < 1.29 is 4.74 Å². The minimum atomic E-state index is 0.335. The van der Waals surface area contributed by atoms with Crippen molar-refractivity contribution >= 4 is 15.9 Å². The summed E-state index contributed by atoms with van der Waals surface area (Å²) in [5, 5.41) is 0.917. The summed E-state index contributed by atoms with van der Waals surface area (Å²) >= 11 is 3.43. The predicted molar refractivity (Wildman–Crippen MR) is 53.1 cm³/mol. The normalized spacial score (nSPS) is 20.3. The number of alkyl halides is 1. The highest BCUT2D eigenvalue weighted by molar-refractivity contribution is 9.09. The summed E-state index contributed by atoms with van der Waals surface area (Å²) in [5.74, 6) is 1.06. The molecule has 1 heterocycles. The number of hydrogen-bond acceptors (Lipinski definition) is 1. The van der Waals surface area contributed by atoms with Gasteiger partial charge in [-0.25, -0.2) is 0 Å². The lowest BCUT2D eigenvalue weighted by atomic mass is 10.1. The standard InChI is InChI=1S/C10H11BrO/c1-7-2-3-10-8(4-7)5-9(6-11)12-10/h2-4,9H,5-6H2,1H3/t9-/m0/s1. The number of rotatable bonds is 1. The number of ether oxygens (including phenoxy) is 1. The average Bonchev–Trinajstić information content (AvgIpc) is 2.46. The fraction of sp³-hybridized carbons (Fsp3) is 0.400. The monoisotopic (exact) mass is 226 g/mol. The first-order chi connectivity index (χ1) is 5.79. The van der Waals surface area contributed by atoms with E-state index in [0.717, 1.165) is 17.5 Å². The molecule has 0 aliphatic carbocycles. The van der Waals surface area contributed by atoms with Crippen molar-refractivity contribution in [1.82, 2.24) is 0 Å². The summed E-state index contributed by atoms with van der Waals surface area (Å²) in [6.07, 6.45) is 1.38. The summed E-state index contributed by atoms with van der Waals surface area (Å²) in [5.41, 5.74) is 2.66. The molecule has 0 fully saturated rings. The molecule has 1 atom stereocenters. The summed E-state index contributed by atoms with van der Waals surface area (Å²) in [4.78, 5) is 0. The van der Waals surface area contributed by atoms with Crippen LogP contribution in [0.3, 0.4) is 0 Å². The second kappa shape index (κ2) is 3.09. The molecular formula is C10H11BrO. The first kappa shape index (κ1) is 8.11. The third-order valence-electron chi connectivity index (χ3n) is 2.13. The van der Waals surface area contributed by atoms with Gasteiger partial charge in [0.15, 0.2) is 0 Å². The molecule has 0 aromatic heterocycles. The Hall–Kier alpha value is -0.500. The minimum absolute atomic E-state index is 0.335. The van der Waals surface area contributed by atoms with E-state index >= 15 is 0 Å². The molecule has 64 valence electrons. The molecule has 1 aromatic carbocycles. The highest BCUT2D eigenvalue weighted by Crippen LogP contribution is 2.29. The van der Waals surface area contributed by atoms with Crippen molar-refractivity contribution in [3.8, 4) is 5.75 Å². The van der Waals surface area contributed by atoms with Gasteiger partial charge in [0.2, 0.25) is 0 Å². The summed E-state index contributed by atoms with van der Waals surface area (Å²) in [7, 11) is 0. The maximum atomic E-state index is 5.66. The number of fused-ring (bicyclic) bond motifs is 1. The van der Waals surface area contributed by atoms with E-state index in [1.54, 1.807) is 0 Å². The lowest BCUT2D eigenvalue weighted by molar-refractivity contribution is 0.260. The number of aryl methyl sites for hydroxylation is 1. The molecule has 0 saturated carbocycles. The quantitative estimate of drug-likeness (QED) is 0.670. The molecule has 1 aliphatic rings. The Morgan fingerprint density at radius 2 is 2.42 bits per heavy atom. The van der Waals surface area contributed by atoms with Gasteiger partial charge in [0.05, 0.1) is 0 Å². The molecule has 0 bridgehead atoms. The molecule has 1 nitrogen and oxygen atoms in total. The third kappa shape index (κ3) is 1.36. The van der Waals surface area contributed by atoms with Gasteiger partial charge in [-0.1, -0.05) is 33.6 Å². The van der Waals surface area contributed by atoms with E-state index in [2.05, 4.69) is 41.1 Å². The molecule has 0 unspecified atom stereocenters. The van der Waals surface area contributed by atoms with Crippen LogP contribution in [-0.2, 0) is 6.42 Å². The molecule has 2 rings (SSSR count). The van der Waals surface area contributed by atoms with E-state index in [1.807, 2.05) is 0 Å². The second-order valence-corrected chi connectivity index (χ2v) is 3.86. The molecule has 1 aromatic rings. The Kier molecular flexibility index (Phi) is 2.09. The maximum Gasteiger partial charge on any atom is 0.123 e. The van der Waals surface area contributed by atoms with Gasteiger partial charge in [-0.2, -0.15) is 0 Å². The molecule has 0 amide bonds. The largest absolute Gasteiger partial charge is 0.489 e. The summed E-state index contributed by atoms with van der Waals surface area (Å²) < 4.78 is 5.66. The average molecular weight is 227 g/mol. The van der Waals surface area contributed by atoms with Crippen LogP contribution in [0, 0.1) is 6.92 Å². The Bertz CT molecular complexity index is 296. The van der Waals surface area contributed by atoms with Crippen LogP contribution < -0.4 is 4.74 Å². The number of benzene rings is 1. The Morgan fingerprint density at radius 1 is 1.58 bits per heavy atom. The van der Waals surface area contributed by atoms with E-state index in [4.69, 9.17) is 4.74 Å². The molecule has 0 radical (unpaired) electrons. The highest BCUT2D eigenvalue weighted by Gasteiger charge is 2.21. The van der Waals surface area contributed by atoms with Crippen molar-refractivity contribution in [3.05, 3.63) is 29.3 Å². The van der Waals surface area contributed by atoms with Crippen molar-refractivity contribution in [2.24, 2.45) is 0 Å². The minimum Gasteiger partial charge on any atom is -0.489 e. The predicted octanol–water partition coefficient (Wildman–Crippen LogP) is 2.69.